The van der Waals surface area contributed by atoms with Gasteiger partial charge in [0.15, 0.2) is 0 Å². The van der Waals surface area contributed by atoms with Crippen molar-refractivity contribution in [2.24, 2.45) is 0 Å². The molecule has 2 aliphatic rings. The van der Waals surface area contributed by atoms with Crippen LogP contribution in [0.1, 0.15) is 68.1 Å². The first-order valence-electron chi connectivity index (χ1n) is 11.3. The van der Waals surface area contributed by atoms with E-state index in [4.69, 9.17) is 0 Å². The quantitative estimate of drug-likeness (QED) is 0.611. The van der Waals surface area contributed by atoms with Crippen molar-refractivity contribution in [1.82, 2.24) is 4.72 Å². The molecule has 4 rings (SSSR count). The maximum atomic E-state index is 13.6. The van der Waals surface area contributed by atoms with Crippen molar-refractivity contribution in [3.05, 3.63) is 40.8 Å². The Hall–Kier alpha value is -1.95. The van der Waals surface area contributed by atoms with E-state index >= 15 is 0 Å². The summed E-state index contributed by atoms with van der Waals surface area (Å²) in [7, 11) is -7.16. The van der Waals surface area contributed by atoms with Gasteiger partial charge in [0.1, 0.15) is 4.21 Å². The third-order valence-corrected chi connectivity index (χ3v) is 10.1. The van der Waals surface area contributed by atoms with Crippen LogP contribution in [0.4, 0.5) is 11.4 Å². The number of nitrogens with one attached hydrogen (secondary N) is 2. The van der Waals surface area contributed by atoms with Crippen molar-refractivity contribution in [3.8, 4) is 0 Å². The number of benzene rings is 1. The lowest BCUT2D eigenvalue weighted by atomic mass is 9.70. The molecular formula is C23H31N3O5S3. The number of anilines is 2. The maximum absolute atomic E-state index is 13.6. The zero-order chi connectivity index (χ0) is 24.9. The zero-order valence-corrected chi connectivity index (χ0v) is 22.3. The largest absolute Gasteiger partial charge is 0.306 e. The summed E-state index contributed by atoms with van der Waals surface area (Å²) in [6.45, 7) is 5.80. The van der Waals surface area contributed by atoms with Crippen LogP contribution in [-0.2, 0) is 25.5 Å². The van der Waals surface area contributed by atoms with Gasteiger partial charge in [-0.3, -0.25) is 9.52 Å². The number of rotatable bonds is 5. The zero-order valence-electron chi connectivity index (χ0n) is 19.8. The molecule has 186 valence electrons. The molecule has 8 nitrogen and oxygen atoms in total. The second kappa shape index (κ2) is 8.61. The predicted octanol–water partition coefficient (Wildman–Crippen LogP) is 4.06. The van der Waals surface area contributed by atoms with Crippen molar-refractivity contribution in [2.45, 2.75) is 68.0 Å². The van der Waals surface area contributed by atoms with E-state index in [2.05, 4.69) is 9.44 Å². The van der Waals surface area contributed by atoms with Gasteiger partial charge in [-0.15, -0.1) is 11.3 Å². The van der Waals surface area contributed by atoms with Gasteiger partial charge in [0.25, 0.3) is 15.9 Å². The van der Waals surface area contributed by atoms with Crippen molar-refractivity contribution in [1.29, 1.82) is 0 Å². The van der Waals surface area contributed by atoms with Crippen LogP contribution in [0.5, 0.6) is 0 Å². The molecule has 11 heteroatoms. The lowest BCUT2D eigenvalue weighted by molar-refractivity contribution is 0.0986. The summed E-state index contributed by atoms with van der Waals surface area (Å²) in [6.07, 6.45) is 6.19. The van der Waals surface area contributed by atoms with Crippen LogP contribution in [0.25, 0.3) is 0 Å². The van der Waals surface area contributed by atoms with E-state index in [9.17, 15) is 21.6 Å². The van der Waals surface area contributed by atoms with Gasteiger partial charge in [-0.05, 0) is 69.5 Å². The molecule has 1 aliphatic carbocycles. The summed E-state index contributed by atoms with van der Waals surface area (Å²) in [5, 5.41) is 0. The highest BCUT2D eigenvalue weighted by atomic mass is 32.2. The number of carbonyl (C=O) groups excluding carboxylic acids is 1. The van der Waals surface area contributed by atoms with Crippen molar-refractivity contribution < 1.29 is 21.6 Å². The Balaban J connectivity index is 1.69. The first kappa shape index (κ1) is 25.2. The molecule has 0 radical (unpaired) electrons. The molecule has 1 fully saturated rings. The Labute approximate surface area is 205 Å². The van der Waals surface area contributed by atoms with Gasteiger partial charge in [-0.2, -0.15) is 0 Å². The second-order valence-corrected chi connectivity index (χ2v) is 15.1. The Morgan fingerprint density at radius 3 is 2.32 bits per heavy atom. The van der Waals surface area contributed by atoms with Crippen LogP contribution >= 0.6 is 11.3 Å². The highest BCUT2D eigenvalue weighted by Crippen LogP contribution is 2.50. The number of thiophene rings is 1. The molecule has 1 amide bonds. The van der Waals surface area contributed by atoms with E-state index in [1.54, 1.807) is 43.9 Å². The summed E-state index contributed by atoms with van der Waals surface area (Å²) < 4.78 is 54.2. The number of sulfonamides is 2. The van der Waals surface area contributed by atoms with Gasteiger partial charge in [-0.1, -0.05) is 19.3 Å². The molecule has 2 N–H and O–H groups in total. The summed E-state index contributed by atoms with van der Waals surface area (Å²) in [4.78, 5) is 15.7. The molecule has 0 atom stereocenters. The third-order valence-electron chi connectivity index (χ3n) is 6.18. The molecule has 1 saturated carbocycles. The number of carbonyl (C=O) groups is 1. The molecular weight excluding hydrogens is 494 g/mol. The molecule has 1 spiro atoms. The van der Waals surface area contributed by atoms with E-state index in [0.29, 0.717) is 17.1 Å². The number of nitrogens with zero attached hydrogens (tertiary/aromatic N) is 1. The fraction of sp³-hybridized carbons (Fsp3) is 0.522. The van der Waals surface area contributed by atoms with Gasteiger partial charge in [0.05, 0.1) is 11.1 Å². The Morgan fingerprint density at radius 1 is 1.03 bits per heavy atom. The summed E-state index contributed by atoms with van der Waals surface area (Å²) in [5.41, 5.74) is 1.37. The number of hydrogen-bond acceptors (Lipinski definition) is 6. The molecule has 1 aromatic heterocycles. The predicted molar refractivity (Wildman–Crippen MR) is 136 cm³/mol. The van der Waals surface area contributed by atoms with E-state index in [-0.39, 0.29) is 15.5 Å². The number of fused-ring (bicyclic) bond motifs is 2. The molecule has 0 bridgehead atoms. The van der Waals surface area contributed by atoms with Crippen LogP contribution in [0.15, 0.2) is 34.5 Å². The smallest absolute Gasteiger partial charge is 0.268 e. The Kier molecular flexibility index (Phi) is 6.37. The number of amides is 1. The normalized spacial score (nSPS) is 18.2. The average Bonchev–Trinajstić information content (AvgIpc) is 3.30. The van der Waals surface area contributed by atoms with E-state index < -0.39 is 25.6 Å². The maximum Gasteiger partial charge on any atom is 0.268 e. The van der Waals surface area contributed by atoms with Crippen LogP contribution in [0, 0.1) is 0 Å². The van der Waals surface area contributed by atoms with Crippen LogP contribution in [0.2, 0.25) is 0 Å². The van der Waals surface area contributed by atoms with Crippen LogP contribution in [0.3, 0.4) is 0 Å². The average molecular weight is 526 g/mol. The van der Waals surface area contributed by atoms with Gasteiger partial charge in [0, 0.05) is 28.9 Å². The summed E-state index contributed by atoms with van der Waals surface area (Å²) >= 11 is 0.963. The van der Waals surface area contributed by atoms with Gasteiger partial charge < -0.3 is 4.90 Å². The molecule has 2 aromatic rings. The highest BCUT2D eigenvalue weighted by molar-refractivity contribution is 7.92. The van der Waals surface area contributed by atoms with Crippen LogP contribution < -0.4 is 14.3 Å². The Morgan fingerprint density at radius 2 is 1.71 bits per heavy atom. The van der Waals surface area contributed by atoms with E-state index in [1.165, 1.54) is 6.07 Å². The van der Waals surface area contributed by atoms with Gasteiger partial charge >= 0.3 is 0 Å². The van der Waals surface area contributed by atoms with Crippen molar-refractivity contribution in [3.63, 3.8) is 0 Å². The molecule has 0 unspecified atom stereocenters. The first-order valence-corrected chi connectivity index (χ1v) is 15.5. The first-order chi connectivity index (χ1) is 15.7. The Bertz CT molecular complexity index is 1320. The minimum atomic E-state index is -3.73. The van der Waals surface area contributed by atoms with E-state index in [0.717, 1.165) is 60.9 Å². The fourth-order valence-corrected chi connectivity index (χ4v) is 8.18. The van der Waals surface area contributed by atoms with Crippen molar-refractivity contribution in [2.75, 3.05) is 22.4 Å². The minimum absolute atomic E-state index is 0.102. The molecule has 0 saturated heterocycles. The lowest BCUT2D eigenvalue weighted by Crippen LogP contribution is -2.40. The third kappa shape index (κ3) is 5.17. The van der Waals surface area contributed by atoms with Gasteiger partial charge in [-0.25, -0.2) is 21.6 Å². The number of hydrogen-bond donors (Lipinski definition) is 2. The van der Waals surface area contributed by atoms with E-state index in [1.807, 2.05) is 6.07 Å². The minimum Gasteiger partial charge on any atom is -0.306 e. The second-order valence-electron chi connectivity index (χ2n) is 10.3. The lowest BCUT2D eigenvalue weighted by Gasteiger charge is -2.34. The SMILES string of the molecule is CC(C)(C)NS(=O)(=O)c1ccc(C(=O)N2CC3(CCCCC3)c3cc(NS(C)(=O)=O)ccc32)s1. The standard InChI is InChI=1S/C23H31N3O5S3/c1-22(2,3)25-34(30,31)20-11-10-19(32-20)21(27)26-15-23(12-6-5-7-13-23)17-14-16(8-9-18(17)26)24-33(4,28)29/h8-11,14,24-25H,5-7,12-13,15H2,1-4H3. The topological polar surface area (TPSA) is 113 Å². The highest BCUT2D eigenvalue weighted by Gasteiger charge is 2.45. The summed E-state index contributed by atoms with van der Waals surface area (Å²) in [6, 6.07) is 8.34. The van der Waals surface area contributed by atoms with Crippen LogP contribution in [-0.4, -0.2) is 41.1 Å². The molecule has 1 aliphatic heterocycles. The fourth-order valence-electron chi connectivity index (χ4n) is 4.95. The molecule has 1 aromatic carbocycles. The molecule has 34 heavy (non-hydrogen) atoms. The monoisotopic (exact) mass is 525 g/mol. The molecule has 2 heterocycles. The van der Waals surface area contributed by atoms with Gasteiger partial charge in [0.2, 0.25) is 10.0 Å². The summed E-state index contributed by atoms with van der Waals surface area (Å²) in [5.74, 6) is -0.241. The van der Waals surface area contributed by atoms with Crippen molar-refractivity contribution >= 4 is 48.7 Å².